The third-order valence-electron chi connectivity index (χ3n) is 3.71. The minimum Gasteiger partial charge on any atom is -0.497 e. The van der Waals surface area contributed by atoms with Gasteiger partial charge in [0.25, 0.3) is 5.91 Å². The molecular weight excluding hydrogens is 348 g/mol. The minimum atomic E-state index is -0.365. The molecule has 1 heterocycles. The van der Waals surface area contributed by atoms with Crippen molar-refractivity contribution in [3.05, 3.63) is 52.8 Å². The highest BCUT2D eigenvalue weighted by atomic mass is 32.1. The van der Waals surface area contributed by atoms with Crippen LogP contribution in [-0.2, 0) is 11.3 Å². The van der Waals surface area contributed by atoms with E-state index >= 15 is 0 Å². The van der Waals surface area contributed by atoms with Crippen LogP contribution in [0.25, 0.3) is 10.2 Å². The number of hydrogen-bond acceptors (Lipinski definition) is 4. The zero-order valence-corrected chi connectivity index (χ0v) is 15.4. The van der Waals surface area contributed by atoms with Crippen LogP contribution in [0.4, 0.5) is 0 Å². The van der Waals surface area contributed by atoms with Crippen LogP contribution in [0, 0.1) is 19.3 Å². The Balaban J connectivity index is 1.88. The minimum absolute atomic E-state index is 0.128. The maximum Gasteiger partial charge on any atom is 0.286 e. The smallest absolute Gasteiger partial charge is 0.286 e. The summed E-state index contributed by atoms with van der Waals surface area (Å²) < 4.78 is 13.6. The third kappa shape index (κ3) is 3.95. The van der Waals surface area contributed by atoms with E-state index in [1.54, 1.807) is 7.11 Å². The molecular formula is C20H18N2O3S. The van der Waals surface area contributed by atoms with E-state index in [0.717, 1.165) is 21.5 Å². The monoisotopic (exact) mass is 366 g/mol. The number of amides is 1. The summed E-state index contributed by atoms with van der Waals surface area (Å²) in [5.41, 5.74) is 1.98. The molecule has 0 atom stereocenters. The molecule has 0 unspecified atom stereocenters. The normalized spacial score (nSPS) is 11.3. The van der Waals surface area contributed by atoms with Gasteiger partial charge in [-0.1, -0.05) is 29.4 Å². The van der Waals surface area contributed by atoms with E-state index in [1.165, 1.54) is 11.3 Å². The zero-order chi connectivity index (χ0) is 18.5. The van der Waals surface area contributed by atoms with Gasteiger partial charge in [-0.15, -0.1) is 6.42 Å². The Labute approximate surface area is 155 Å². The van der Waals surface area contributed by atoms with E-state index in [1.807, 2.05) is 54.0 Å². The number of fused-ring (bicyclic) bond motifs is 1. The predicted molar refractivity (Wildman–Crippen MR) is 102 cm³/mol. The molecule has 0 radical (unpaired) electrons. The first-order valence-corrected chi connectivity index (χ1v) is 8.80. The predicted octanol–water partition coefficient (Wildman–Crippen LogP) is 3.16. The fourth-order valence-electron chi connectivity index (χ4n) is 2.50. The molecule has 1 amide bonds. The number of carbonyl (C=O) groups is 1. The van der Waals surface area contributed by atoms with Crippen molar-refractivity contribution in [2.75, 3.05) is 13.7 Å². The van der Waals surface area contributed by atoms with Crippen LogP contribution >= 0.6 is 11.3 Å². The molecule has 0 aliphatic carbocycles. The number of aromatic nitrogens is 1. The summed E-state index contributed by atoms with van der Waals surface area (Å²) >= 11 is 1.39. The van der Waals surface area contributed by atoms with Gasteiger partial charge in [-0.05, 0) is 42.8 Å². The highest BCUT2D eigenvalue weighted by Gasteiger charge is 2.09. The molecule has 0 spiro atoms. The van der Waals surface area contributed by atoms with Gasteiger partial charge in [-0.25, -0.2) is 0 Å². The third-order valence-corrected chi connectivity index (χ3v) is 4.75. The van der Waals surface area contributed by atoms with Crippen LogP contribution in [0.15, 0.2) is 47.5 Å². The topological polar surface area (TPSA) is 52.8 Å². The summed E-state index contributed by atoms with van der Waals surface area (Å²) in [5.74, 6) is 3.63. The van der Waals surface area contributed by atoms with E-state index in [-0.39, 0.29) is 12.5 Å². The molecule has 1 aromatic heterocycles. The Morgan fingerprint density at radius 2 is 2.12 bits per heavy atom. The number of benzene rings is 2. The molecule has 0 aliphatic rings. The first kappa shape index (κ1) is 17.8. The number of hydrogen-bond donors (Lipinski definition) is 0. The van der Waals surface area contributed by atoms with Crippen molar-refractivity contribution in [1.29, 1.82) is 0 Å². The number of methoxy groups -OCH3 is 1. The van der Waals surface area contributed by atoms with Gasteiger partial charge in [0.05, 0.1) is 23.9 Å². The number of thiazole rings is 1. The highest BCUT2D eigenvalue weighted by molar-refractivity contribution is 7.16. The molecule has 0 bridgehead atoms. The molecule has 3 rings (SSSR count). The maximum atomic E-state index is 12.3. The molecule has 0 fully saturated rings. The van der Waals surface area contributed by atoms with Crippen molar-refractivity contribution in [1.82, 2.24) is 4.57 Å². The standard InChI is InChI=1S/C20H18N2O3S/c1-4-10-22-17-9-8-15(24-3)12-18(17)26-20(22)21-19(23)13-25-16-7-5-6-14(2)11-16/h1,5-9,11-12H,10,13H2,2-3H3. The van der Waals surface area contributed by atoms with Crippen LogP contribution in [0.1, 0.15) is 5.56 Å². The molecule has 3 aromatic rings. The van der Waals surface area contributed by atoms with Gasteiger partial charge >= 0.3 is 0 Å². The summed E-state index contributed by atoms with van der Waals surface area (Å²) in [6, 6.07) is 13.2. The van der Waals surface area contributed by atoms with Gasteiger partial charge in [-0.2, -0.15) is 4.99 Å². The number of ether oxygens (including phenoxy) is 2. The average molecular weight is 366 g/mol. The van der Waals surface area contributed by atoms with Gasteiger partial charge < -0.3 is 14.0 Å². The first-order valence-electron chi connectivity index (χ1n) is 7.98. The molecule has 5 nitrogen and oxygen atoms in total. The van der Waals surface area contributed by atoms with E-state index in [0.29, 0.717) is 17.1 Å². The first-order chi connectivity index (χ1) is 12.6. The fraction of sp³-hybridized carbons (Fsp3) is 0.200. The van der Waals surface area contributed by atoms with Crippen LogP contribution in [0.5, 0.6) is 11.5 Å². The van der Waals surface area contributed by atoms with Crippen LogP contribution in [0.2, 0.25) is 0 Å². The van der Waals surface area contributed by atoms with Crippen molar-refractivity contribution >= 4 is 27.5 Å². The van der Waals surface area contributed by atoms with Crippen LogP contribution in [0.3, 0.4) is 0 Å². The second-order valence-corrected chi connectivity index (χ2v) is 6.63. The van der Waals surface area contributed by atoms with Gasteiger partial charge in [0, 0.05) is 0 Å². The quantitative estimate of drug-likeness (QED) is 0.652. The molecule has 0 saturated carbocycles. The molecule has 2 aromatic carbocycles. The van der Waals surface area contributed by atoms with E-state index in [9.17, 15) is 4.79 Å². The zero-order valence-electron chi connectivity index (χ0n) is 14.6. The van der Waals surface area contributed by atoms with E-state index < -0.39 is 0 Å². The molecule has 6 heteroatoms. The largest absolute Gasteiger partial charge is 0.497 e. The average Bonchev–Trinajstić information content (AvgIpc) is 2.96. The highest BCUT2D eigenvalue weighted by Crippen LogP contribution is 2.23. The summed E-state index contributed by atoms with van der Waals surface area (Å²) in [6.45, 7) is 2.17. The Morgan fingerprint density at radius 3 is 2.85 bits per heavy atom. The van der Waals surface area contributed by atoms with Crippen molar-refractivity contribution in [3.8, 4) is 23.8 Å². The van der Waals surface area contributed by atoms with E-state index in [4.69, 9.17) is 15.9 Å². The van der Waals surface area contributed by atoms with Crippen LogP contribution in [-0.4, -0.2) is 24.2 Å². The van der Waals surface area contributed by atoms with Crippen molar-refractivity contribution < 1.29 is 14.3 Å². The lowest BCUT2D eigenvalue weighted by atomic mass is 10.2. The Morgan fingerprint density at radius 1 is 1.27 bits per heavy atom. The molecule has 26 heavy (non-hydrogen) atoms. The summed E-state index contributed by atoms with van der Waals surface area (Å²) in [4.78, 5) is 17.0. The van der Waals surface area contributed by atoms with Gasteiger partial charge in [-0.3, -0.25) is 4.79 Å². The second-order valence-electron chi connectivity index (χ2n) is 5.62. The van der Waals surface area contributed by atoms with E-state index in [2.05, 4.69) is 10.9 Å². The number of carbonyl (C=O) groups excluding carboxylic acids is 1. The molecule has 132 valence electrons. The Hall–Kier alpha value is -3.04. The Bertz CT molecular complexity index is 1060. The number of nitrogens with zero attached hydrogens (tertiary/aromatic N) is 2. The Kier molecular flexibility index (Phi) is 5.40. The van der Waals surface area contributed by atoms with Gasteiger partial charge in [0.2, 0.25) is 0 Å². The lowest BCUT2D eigenvalue weighted by Crippen LogP contribution is -2.19. The molecule has 0 aliphatic heterocycles. The lowest BCUT2D eigenvalue weighted by molar-refractivity contribution is -0.120. The van der Waals surface area contributed by atoms with Crippen molar-refractivity contribution in [2.45, 2.75) is 13.5 Å². The lowest BCUT2D eigenvalue weighted by Gasteiger charge is -2.04. The van der Waals surface area contributed by atoms with Crippen LogP contribution < -0.4 is 14.3 Å². The van der Waals surface area contributed by atoms with Gasteiger partial charge in [0.15, 0.2) is 11.4 Å². The maximum absolute atomic E-state index is 12.3. The SMILES string of the molecule is C#CCn1c(=NC(=O)COc2cccc(C)c2)sc2cc(OC)ccc21. The van der Waals surface area contributed by atoms with Crippen molar-refractivity contribution in [2.24, 2.45) is 4.99 Å². The number of aryl methyl sites for hydroxylation is 1. The number of terminal acetylenes is 1. The van der Waals surface area contributed by atoms with Gasteiger partial charge in [0.1, 0.15) is 11.5 Å². The number of rotatable bonds is 5. The summed E-state index contributed by atoms with van der Waals surface area (Å²) in [7, 11) is 1.61. The second kappa shape index (κ2) is 7.89. The summed E-state index contributed by atoms with van der Waals surface area (Å²) in [6.07, 6.45) is 5.47. The summed E-state index contributed by atoms with van der Waals surface area (Å²) in [5, 5.41) is 0. The molecule has 0 saturated heterocycles. The van der Waals surface area contributed by atoms with Crippen molar-refractivity contribution in [3.63, 3.8) is 0 Å². The fourth-order valence-corrected chi connectivity index (χ4v) is 3.57. The molecule has 0 N–H and O–H groups in total.